The van der Waals surface area contributed by atoms with Gasteiger partial charge >= 0.3 is 0 Å². The number of rotatable bonds is 8. The van der Waals surface area contributed by atoms with E-state index in [1.54, 1.807) is 46.3 Å². The first-order valence-corrected chi connectivity index (χ1v) is 9.63. The Morgan fingerprint density at radius 3 is 1.90 bits per heavy atom. The lowest BCUT2D eigenvalue weighted by atomic mass is 9.98. The first-order valence-electron chi connectivity index (χ1n) is 9.63. The number of aromatic nitrogens is 6. The van der Waals surface area contributed by atoms with Crippen LogP contribution in [0.3, 0.4) is 0 Å². The summed E-state index contributed by atoms with van der Waals surface area (Å²) in [5.74, 6) is -0.324. The third-order valence-electron chi connectivity index (χ3n) is 4.84. The molecule has 156 valence electrons. The van der Waals surface area contributed by atoms with E-state index in [0.717, 1.165) is 11.1 Å². The molecule has 0 aliphatic rings. The maximum absolute atomic E-state index is 13.6. The van der Waals surface area contributed by atoms with Gasteiger partial charge in [0.05, 0.1) is 24.7 Å². The summed E-state index contributed by atoms with van der Waals surface area (Å²) in [6.07, 6.45) is 5.67. The summed E-state index contributed by atoms with van der Waals surface area (Å²) in [6.45, 7) is 2.76. The monoisotopic (exact) mass is 417 g/mol. The van der Waals surface area contributed by atoms with Gasteiger partial charge < -0.3 is 4.74 Å². The lowest BCUT2D eigenvalue weighted by Gasteiger charge is -2.34. The Morgan fingerprint density at radius 1 is 0.935 bits per heavy atom. The number of nitrogens with zero attached hydrogens (tertiary/aromatic N) is 7. The van der Waals surface area contributed by atoms with Crippen molar-refractivity contribution in [3.63, 3.8) is 0 Å². The summed E-state index contributed by atoms with van der Waals surface area (Å²) in [5.41, 5.74) is 1.41. The van der Waals surface area contributed by atoms with E-state index < -0.39 is 11.7 Å². The molecule has 8 nitrogen and oxygen atoms in total. The quantitative estimate of drug-likeness (QED) is 0.437. The minimum atomic E-state index is -0.769. The van der Waals surface area contributed by atoms with Gasteiger partial charge in [0.15, 0.2) is 0 Å². The molecule has 0 saturated heterocycles. The van der Waals surface area contributed by atoms with Crippen molar-refractivity contribution in [3.05, 3.63) is 96.3 Å². The fourth-order valence-electron chi connectivity index (χ4n) is 3.42. The molecule has 0 spiro atoms. The van der Waals surface area contributed by atoms with Crippen molar-refractivity contribution in [1.29, 1.82) is 5.26 Å². The largest absolute Gasteiger partial charge is 0.359 e. The van der Waals surface area contributed by atoms with E-state index in [0.29, 0.717) is 18.7 Å². The highest BCUT2D eigenvalue weighted by molar-refractivity contribution is 5.36. The normalized spacial score (nSPS) is 12.4. The fraction of sp³-hybridized carbons (Fsp3) is 0.227. The van der Waals surface area contributed by atoms with Crippen LogP contribution in [-0.2, 0) is 17.8 Å². The molecule has 2 aromatic carbocycles. The highest BCUT2D eigenvalue weighted by atomic mass is 19.1. The van der Waals surface area contributed by atoms with E-state index >= 15 is 0 Å². The molecule has 31 heavy (non-hydrogen) atoms. The van der Waals surface area contributed by atoms with E-state index in [-0.39, 0.29) is 5.82 Å². The average Bonchev–Trinajstić information content (AvgIpc) is 3.47. The van der Waals surface area contributed by atoms with Gasteiger partial charge in [0.2, 0.25) is 0 Å². The van der Waals surface area contributed by atoms with Crippen molar-refractivity contribution in [2.24, 2.45) is 0 Å². The number of hydrogen-bond donors (Lipinski definition) is 0. The van der Waals surface area contributed by atoms with Crippen LogP contribution in [0.4, 0.5) is 4.39 Å². The summed E-state index contributed by atoms with van der Waals surface area (Å²) in [7, 11) is 0. The Morgan fingerprint density at radius 2 is 1.45 bits per heavy atom. The van der Waals surface area contributed by atoms with Gasteiger partial charge in [0.25, 0.3) is 0 Å². The molecule has 1 atom stereocenters. The van der Waals surface area contributed by atoms with Crippen molar-refractivity contribution < 1.29 is 9.13 Å². The molecule has 0 aliphatic carbocycles. The van der Waals surface area contributed by atoms with Gasteiger partial charge in [-0.2, -0.15) is 15.5 Å². The van der Waals surface area contributed by atoms with Crippen LogP contribution >= 0.6 is 0 Å². The molecular weight excluding hydrogens is 397 g/mol. The molecule has 9 heteroatoms. The number of halogens is 1. The van der Waals surface area contributed by atoms with Crippen molar-refractivity contribution >= 4 is 0 Å². The lowest BCUT2D eigenvalue weighted by molar-refractivity contribution is -0.0922. The Labute approximate surface area is 178 Å². The first kappa shape index (κ1) is 20.4. The van der Waals surface area contributed by atoms with Gasteiger partial charge in [0.1, 0.15) is 42.8 Å². The zero-order chi connectivity index (χ0) is 21.7. The maximum Gasteiger partial charge on any atom is 0.137 e. The van der Waals surface area contributed by atoms with Crippen LogP contribution in [0.5, 0.6) is 0 Å². The van der Waals surface area contributed by atoms with Gasteiger partial charge in [-0.1, -0.05) is 24.3 Å². The summed E-state index contributed by atoms with van der Waals surface area (Å²) in [5, 5.41) is 17.6. The topological polar surface area (TPSA) is 94.4 Å². The van der Waals surface area contributed by atoms with E-state index in [4.69, 9.17) is 10.00 Å². The molecule has 2 aromatic heterocycles. The van der Waals surface area contributed by atoms with Crippen molar-refractivity contribution in [2.75, 3.05) is 0 Å². The van der Waals surface area contributed by atoms with Crippen LogP contribution in [0.2, 0.25) is 0 Å². The highest BCUT2D eigenvalue weighted by Crippen LogP contribution is 2.33. The lowest BCUT2D eigenvalue weighted by Crippen LogP contribution is -2.40. The Hall–Kier alpha value is -3.90. The minimum Gasteiger partial charge on any atom is -0.359 e. The van der Waals surface area contributed by atoms with Crippen LogP contribution in [0.1, 0.15) is 29.7 Å². The zero-order valence-corrected chi connectivity index (χ0v) is 16.8. The van der Waals surface area contributed by atoms with E-state index in [2.05, 4.69) is 26.2 Å². The van der Waals surface area contributed by atoms with Gasteiger partial charge in [-0.25, -0.2) is 14.4 Å². The molecular formula is C22H20FN7O. The van der Waals surface area contributed by atoms with Crippen molar-refractivity contribution in [2.45, 2.75) is 31.7 Å². The first-order chi connectivity index (χ1) is 15.0. The molecule has 4 aromatic rings. The van der Waals surface area contributed by atoms with E-state index in [1.165, 1.54) is 24.8 Å². The van der Waals surface area contributed by atoms with Gasteiger partial charge in [-0.05, 0) is 42.3 Å². The smallest absolute Gasteiger partial charge is 0.137 e. The molecule has 0 bridgehead atoms. The summed E-state index contributed by atoms with van der Waals surface area (Å²) in [6, 6.07) is 15.5. The number of ether oxygens (including phenoxy) is 1. The van der Waals surface area contributed by atoms with Crippen LogP contribution < -0.4 is 0 Å². The standard InChI is InChI=1S/C22H20FN7O/c1-22(11-29-15-25-13-27-29,12-30-16-26-14-28-30)31-21(19-6-8-20(23)9-7-19)18-4-2-17(10-24)3-5-18/h2-9,13-16,21H,11-12H2,1H3. The Kier molecular flexibility index (Phi) is 5.82. The van der Waals surface area contributed by atoms with E-state index in [1.807, 2.05) is 19.1 Å². The SMILES string of the molecule is CC(Cn1cncn1)(Cn1cncn1)OC(c1ccc(F)cc1)c1ccc(C#N)cc1. The molecule has 0 fully saturated rings. The summed E-state index contributed by atoms with van der Waals surface area (Å²) in [4.78, 5) is 8.03. The maximum atomic E-state index is 13.6. The number of benzene rings is 2. The molecule has 0 aliphatic heterocycles. The van der Waals surface area contributed by atoms with Crippen LogP contribution in [0.25, 0.3) is 0 Å². The predicted molar refractivity (Wildman–Crippen MR) is 109 cm³/mol. The third kappa shape index (κ3) is 4.99. The molecule has 4 rings (SSSR count). The summed E-state index contributed by atoms with van der Waals surface area (Å²) < 4.78 is 23.7. The second kappa shape index (κ2) is 8.85. The van der Waals surface area contributed by atoms with Crippen molar-refractivity contribution in [3.8, 4) is 6.07 Å². The third-order valence-corrected chi connectivity index (χ3v) is 4.84. The molecule has 0 radical (unpaired) electrons. The number of nitriles is 1. The van der Waals surface area contributed by atoms with Crippen LogP contribution in [-0.4, -0.2) is 35.1 Å². The zero-order valence-electron chi connectivity index (χ0n) is 16.8. The van der Waals surface area contributed by atoms with Crippen molar-refractivity contribution in [1.82, 2.24) is 29.5 Å². The molecule has 1 unspecified atom stereocenters. The minimum absolute atomic E-state index is 0.324. The molecule has 0 saturated carbocycles. The highest BCUT2D eigenvalue weighted by Gasteiger charge is 2.32. The summed E-state index contributed by atoms with van der Waals surface area (Å²) >= 11 is 0. The Bertz CT molecular complexity index is 1100. The number of hydrogen-bond acceptors (Lipinski definition) is 6. The molecule has 0 amide bonds. The van der Waals surface area contributed by atoms with Gasteiger partial charge in [-0.15, -0.1) is 0 Å². The molecule has 2 heterocycles. The second-order valence-electron chi connectivity index (χ2n) is 7.42. The Balaban J connectivity index is 1.71. The molecule has 0 N–H and O–H groups in total. The van der Waals surface area contributed by atoms with E-state index in [9.17, 15) is 4.39 Å². The van der Waals surface area contributed by atoms with Gasteiger partial charge in [0, 0.05) is 0 Å². The van der Waals surface area contributed by atoms with Crippen LogP contribution in [0, 0.1) is 17.1 Å². The second-order valence-corrected chi connectivity index (χ2v) is 7.42. The average molecular weight is 417 g/mol. The van der Waals surface area contributed by atoms with Crippen LogP contribution in [0.15, 0.2) is 73.8 Å². The van der Waals surface area contributed by atoms with Gasteiger partial charge in [-0.3, -0.25) is 9.36 Å². The fourth-order valence-corrected chi connectivity index (χ4v) is 3.42. The predicted octanol–water partition coefficient (Wildman–Crippen LogP) is 3.15.